The Morgan fingerprint density at radius 2 is 1.76 bits per heavy atom. The molecule has 0 fully saturated rings. The van der Waals surface area contributed by atoms with Crippen molar-refractivity contribution in [3.05, 3.63) is 57.5 Å². The predicted molar refractivity (Wildman–Crippen MR) is 90.0 cm³/mol. The zero-order valence-corrected chi connectivity index (χ0v) is 13.8. The van der Waals surface area contributed by atoms with E-state index in [1.54, 1.807) is 0 Å². The van der Waals surface area contributed by atoms with Gasteiger partial charge in [0.05, 0.1) is 6.04 Å². The topological polar surface area (TPSA) is 25.2 Å². The van der Waals surface area contributed by atoms with Crippen LogP contribution in [0.5, 0.6) is 0 Å². The monoisotopic (exact) mass is 299 g/mol. The molecule has 0 saturated carbocycles. The molecule has 3 heteroatoms. The van der Waals surface area contributed by atoms with Crippen molar-refractivity contribution in [2.24, 2.45) is 0 Å². The number of benzene rings is 1. The van der Waals surface area contributed by atoms with Gasteiger partial charge in [0, 0.05) is 21.2 Å². The van der Waals surface area contributed by atoms with E-state index in [4.69, 9.17) is 4.42 Å². The number of hydrogen-bond acceptors (Lipinski definition) is 3. The van der Waals surface area contributed by atoms with Gasteiger partial charge >= 0.3 is 0 Å². The summed E-state index contributed by atoms with van der Waals surface area (Å²) in [7, 11) is 0. The summed E-state index contributed by atoms with van der Waals surface area (Å²) in [6, 6.07) is 13.1. The second-order valence-corrected chi connectivity index (χ2v) is 6.97. The molecule has 0 spiro atoms. The fourth-order valence-electron chi connectivity index (χ4n) is 2.83. The summed E-state index contributed by atoms with van der Waals surface area (Å²) < 4.78 is 6.04. The van der Waals surface area contributed by atoms with Gasteiger partial charge in [-0.15, -0.1) is 11.3 Å². The maximum atomic E-state index is 6.04. The van der Waals surface area contributed by atoms with Crippen LogP contribution in [0.4, 0.5) is 0 Å². The van der Waals surface area contributed by atoms with E-state index in [0.29, 0.717) is 6.04 Å². The van der Waals surface area contributed by atoms with Crippen LogP contribution < -0.4 is 5.32 Å². The van der Waals surface area contributed by atoms with Crippen molar-refractivity contribution in [2.45, 2.75) is 39.8 Å². The van der Waals surface area contributed by atoms with Crippen LogP contribution in [-0.4, -0.2) is 0 Å². The Labute approximate surface area is 129 Å². The molecule has 0 aliphatic heterocycles. The number of hydrogen-bond donors (Lipinski definition) is 1. The Morgan fingerprint density at radius 1 is 1.00 bits per heavy atom. The molecule has 1 N–H and O–H groups in total. The Morgan fingerprint density at radius 3 is 2.43 bits per heavy atom. The van der Waals surface area contributed by atoms with Gasteiger partial charge in [-0.2, -0.15) is 0 Å². The molecule has 0 amide bonds. The largest absolute Gasteiger partial charge is 0.459 e. The molecule has 1 aromatic carbocycles. The molecule has 21 heavy (non-hydrogen) atoms. The van der Waals surface area contributed by atoms with Gasteiger partial charge in [-0.3, -0.25) is 0 Å². The van der Waals surface area contributed by atoms with E-state index in [9.17, 15) is 0 Å². The van der Waals surface area contributed by atoms with E-state index in [1.807, 2.05) is 23.5 Å². The van der Waals surface area contributed by atoms with Crippen molar-refractivity contribution in [3.8, 4) is 0 Å². The Kier molecular flexibility index (Phi) is 3.87. The number of thiophene rings is 1. The normalized spacial score (nSPS) is 14.5. The first-order valence-corrected chi connectivity index (χ1v) is 8.18. The van der Waals surface area contributed by atoms with E-state index in [2.05, 4.69) is 57.3 Å². The van der Waals surface area contributed by atoms with Gasteiger partial charge < -0.3 is 9.73 Å². The highest BCUT2D eigenvalue weighted by molar-refractivity contribution is 7.12. The molecule has 0 radical (unpaired) electrons. The highest BCUT2D eigenvalue weighted by Gasteiger charge is 2.19. The third-order valence-electron chi connectivity index (χ3n) is 3.96. The molecule has 0 saturated heterocycles. The third-order valence-corrected chi connectivity index (χ3v) is 5.15. The summed E-state index contributed by atoms with van der Waals surface area (Å²) in [4.78, 5) is 2.72. The van der Waals surface area contributed by atoms with Crippen molar-refractivity contribution < 1.29 is 4.42 Å². The van der Waals surface area contributed by atoms with Gasteiger partial charge in [0.2, 0.25) is 0 Å². The van der Waals surface area contributed by atoms with Gasteiger partial charge in [0.15, 0.2) is 0 Å². The minimum absolute atomic E-state index is 0.190. The molecule has 3 rings (SSSR count). The number of para-hydroxylation sites is 1. The molecule has 0 bridgehead atoms. The van der Waals surface area contributed by atoms with Crippen LogP contribution in [0.15, 0.2) is 40.8 Å². The van der Waals surface area contributed by atoms with Gasteiger partial charge in [-0.1, -0.05) is 18.2 Å². The van der Waals surface area contributed by atoms with Crippen LogP contribution in [0.2, 0.25) is 0 Å². The summed E-state index contributed by atoms with van der Waals surface area (Å²) in [5.41, 5.74) is 2.21. The van der Waals surface area contributed by atoms with E-state index >= 15 is 0 Å². The fourth-order valence-corrected chi connectivity index (χ4v) is 3.71. The predicted octanol–water partition coefficient (Wildman–Crippen LogP) is 5.52. The molecule has 0 aliphatic rings. The molecule has 3 aromatic rings. The second-order valence-electron chi connectivity index (χ2n) is 5.65. The average Bonchev–Trinajstić information content (AvgIpc) is 3.04. The lowest BCUT2D eigenvalue weighted by Crippen LogP contribution is -2.21. The third kappa shape index (κ3) is 2.76. The summed E-state index contributed by atoms with van der Waals surface area (Å²) in [6.07, 6.45) is 0. The summed E-state index contributed by atoms with van der Waals surface area (Å²) in [6.45, 7) is 8.66. The first-order valence-electron chi connectivity index (χ1n) is 7.36. The lowest BCUT2D eigenvalue weighted by molar-refractivity contribution is 0.417. The summed E-state index contributed by atoms with van der Waals surface area (Å²) >= 11 is 1.85. The van der Waals surface area contributed by atoms with Crippen molar-refractivity contribution >= 4 is 22.3 Å². The maximum absolute atomic E-state index is 6.04. The quantitative estimate of drug-likeness (QED) is 0.686. The summed E-state index contributed by atoms with van der Waals surface area (Å²) in [5.74, 6) is 1.04. The second kappa shape index (κ2) is 5.66. The zero-order valence-electron chi connectivity index (χ0n) is 12.9. The minimum Gasteiger partial charge on any atom is -0.459 e. The maximum Gasteiger partial charge on any atom is 0.134 e. The fraction of sp³-hybridized carbons (Fsp3) is 0.333. The van der Waals surface area contributed by atoms with Crippen LogP contribution in [0.25, 0.3) is 11.0 Å². The molecule has 2 nitrogen and oxygen atoms in total. The molecular weight excluding hydrogens is 278 g/mol. The Balaban J connectivity index is 1.83. The number of nitrogens with one attached hydrogen (secondary N) is 1. The van der Waals surface area contributed by atoms with Crippen LogP contribution in [-0.2, 0) is 0 Å². The molecule has 2 unspecified atom stereocenters. The molecule has 110 valence electrons. The molecule has 2 heterocycles. The zero-order chi connectivity index (χ0) is 15.0. The first kappa shape index (κ1) is 14.4. The van der Waals surface area contributed by atoms with Gasteiger partial charge in [0.1, 0.15) is 11.3 Å². The van der Waals surface area contributed by atoms with Crippen LogP contribution in [0, 0.1) is 13.8 Å². The van der Waals surface area contributed by atoms with Crippen molar-refractivity contribution in [1.29, 1.82) is 0 Å². The molecular formula is C18H21NOS. The molecule has 2 aromatic heterocycles. The number of furan rings is 1. The van der Waals surface area contributed by atoms with Crippen molar-refractivity contribution in [3.63, 3.8) is 0 Å². The highest BCUT2D eigenvalue weighted by Crippen LogP contribution is 2.31. The number of rotatable bonds is 4. The standard InChI is InChI=1S/C18H21NOS/c1-11-9-10-17(21-11)13(3)19-14(4)18-12(2)15-7-5-6-8-16(15)20-18/h5-10,13-14,19H,1-4H3. The lowest BCUT2D eigenvalue weighted by atomic mass is 10.1. The Hall–Kier alpha value is -1.58. The van der Waals surface area contributed by atoms with Gasteiger partial charge in [-0.05, 0) is 51.5 Å². The first-order chi connectivity index (χ1) is 10.1. The number of aryl methyl sites for hydroxylation is 2. The smallest absolute Gasteiger partial charge is 0.134 e. The number of fused-ring (bicyclic) bond motifs is 1. The van der Waals surface area contributed by atoms with E-state index in [1.165, 1.54) is 20.7 Å². The lowest BCUT2D eigenvalue weighted by Gasteiger charge is -2.18. The molecule has 2 atom stereocenters. The van der Waals surface area contributed by atoms with Crippen molar-refractivity contribution in [2.75, 3.05) is 0 Å². The SMILES string of the molecule is Cc1ccc(C(C)NC(C)c2oc3ccccc3c2C)s1. The Bertz CT molecular complexity index is 756. The van der Waals surface area contributed by atoms with Crippen LogP contribution >= 0.6 is 11.3 Å². The van der Waals surface area contributed by atoms with Crippen LogP contribution in [0.1, 0.15) is 47.0 Å². The van der Waals surface area contributed by atoms with E-state index in [0.717, 1.165) is 11.3 Å². The van der Waals surface area contributed by atoms with Gasteiger partial charge in [-0.25, -0.2) is 0 Å². The average molecular weight is 299 g/mol. The van der Waals surface area contributed by atoms with E-state index in [-0.39, 0.29) is 6.04 Å². The highest BCUT2D eigenvalue weighted by atomic mass is 32.1. The van der Waals surface area contributed by atoms with Gasteiger partial charge in [0.25, 0.3) is 0 Å². The van der Waals surface area contributed by atoms with Crippen molar-refractivity contribution in [1.82, 2.24) is 5.32 Å². The summed E-state index contributed by atoms with van der Waals surface area (Å²) in [5, 5.41) is 4.85. The van der Waals surface area contributed by atoms with Crippen LogP contribution in [0.3, 0.4) is 0 Å². The minimum atomic E-state index is 0.190. The molecule has 0 aliphatic carbocycles. The van der Waals surface area contributed by atoms with E-state index < -0.39 is 0 Å².